The van der Waals surface area contributed by atoms with Crippen LogP contribution in [0, 0.1) is 0 Å². The summed E-state index contributed by atoms with van der Waals surface area (Å²) in [5.41, 5.74) is 1.87. The summed E-state index contributed by atoms with van der Waals surface area (Å²) < 4.78 is 13.0. The van der Waals surface area contributed by atoms with E-state index in [1.807, 2.05) is 12.1 Å². The van der Waals surface area contributed by atoms with Crippen molar-refractivity contribution in [2.45, 2.75) is 0 Å². The van der Waals surface area contributed by atoms with Gasteiger partial charge < -0.3 is 14.8 Å². The molecule has 0 aliphatic rings. The highest BCUT2D eigenvalue weighted by Crippen LogP contribution is 2.37. The first-order valence-electron chi connectivity index (χ1n) is 7.03. The molecule has 0 aliphatic heterocycles. The molecule has 4 aromatic rings. The summed E-state index contributed by atoms with van der Waals surface area (Å²) in [6.45, 7) is 0. The third-order valence-corrected chi connectivity index (χ3v) is 5.41. The first kappa shape index (κ1) is 14.3. The number of hydrogen-bond acceptors (Lipinski definition) is 6. The number of ether oxygens (including phenoxy) is 2. The molecule has 23 heavy (non-hydrogen) atoms. The van der Waals surface area contributed by atoms with E-state index in [0.29, 0.717) is 0 Å². The van der Waals surface area contributed by atoms with E-state index in [4.69, 9.17) is 9.47 Å². The Morgan fingerprint density at radius 2 is 1.91 bits per heavy atom. The highest BCUT2D eigenvalue weighted by atomic mass is 32.1. The Morgan fingerprint density at radius 1 is 1.00 bits per heavy atom. The Morgan fingerprint density at radius 3 is 2.74 bits per heavy atom. The lowest BCUT2D eigenvalue weighted by atomic mass is 10.2. The predicted molar refractivity (Wildman–Crippen MR) is 97.8 cm³/mol. The summed E-state index contributed by atoms with van der Waals surface area (Å²) in [6, 6.07) is 12.3. The monoisotopic (exact) mass is 342 g/mol. The first-order chi connectivity index (χ1) is 11.3. The quantitative estimate of drug-likeness (QED) is 0.548. The van der Waals surface area contributed by atoms with Gasteiger partial charge >= 0.3 is 0 Å². The molecule has 0 saturated carbocycles. The van der Waals surface area contributed by atoms with Gasteiger partial charge in [0.15, 0.2) is 5.13 Å². The second-order valence-electron chi connectivity index (χ2n) is 4.99. The highest BCUT2D eigenvalue weighted by molar-refractivity contribution is 7.22. The van der Waals surface area contributed by atoms with Crippen molar-refractivity contribution in [1.29, 1.82) is 0 Å². The minimum atomic E-state index is 0.719. The van der Waals surface area contributed by atoms with E-state index >= 15 is 0 Å². The zero-order valence-corrected chi connectivity index (χ0v) is 14.3. The second-order valence-corrected chi connectivity index (χ2v) is 6.97. The second kappa shape index (κ2) is 5.72. The molecular formula is C17H14N2O2S2. The molecule has 0 saturated heterocycles. The molecule has 0 bridgehead atoms. The molecule has 0 unspecified atom stereocenters. The topological polar surface area (TPSA) is 43.4 Å². The molecule has 2 aromatic carbocycles. The van der Waals surface area contributed by atoms with Crippen molar-refractivity contribution in [3.8, 4) is 11.5 Å². The zero-order chi connectivity index (χ0) is 15.8. The van der Waals surface area contributed by atoms with Crippen LogP contribution in [-0.2, 0) is 0 Å². The lowest BCUT2D eigenvalue weighted by Gasteiger charge is -2.04. The van der Waals surface area contributed by atoms with E-state index in [-0.39, 0.29) is 0 Å². The Balaban J connectivity index is 1.73. The van der Waals surface area contributed by atoms with Crippen LogP contribution in [0.4, 0.5) is 10.8 Å². The van der Waals surface area contributed by atoms with Crippen LogP contribution in [0.3, 0.4) is 0 Å². The molecule has 0 spiro atoms. The van der Waals surface area contributed by atoms with Gasteiger partial charge in [-0.15, -0.1) is 11.3 Å². The lowest BCUT2D eigenvalue weighted by Crippen LogP contribution is -1.90. The minimum Gasteiger partial charge on any atom is -0.497 e. The number of thiazole rings is 1. The maximum absolute atomic E-state index is 5.42. The van der Waals surface area contributed by atoms with Gasteiger partial charge in [0.05, 0.1) is 18.9 Å². The van der Waals surface area contributed by atoms with Gasteiger partial charge in [0.2, 0.25) is 0 Å². The maximum Gasteiger partial charge on any atom is 0.188 e. The van der Waals surface area contributed by atoms with Gasteiger partial charge in [-0.05, 0) is 41.1 Å². The van der Waals surface area contributed by atoms with Crippen molar-refractivity contribution < 1.29 is 9.47 Å². The SMILES string of the molecule is COc1cc(OC)c2nc(Nc3ccc4sccc4c3)sc2c1. The minimum absolute atomic E-state index is 0.719. The largest absolute Gasteiger partial charge is 0.497 e. The number of fused-ring (bicyclic) bond motifs is 2. The van der Waals surface area contributed by atoms with E-state index in [1.54, 1.807) is 36.9 Å². The normalized spacial score (nSPS) is 11.0. The first-order valence-corrected chi connectivity index (χ1v) is 8.73. The molecule has 0 fully saturated rings. The molecule has 0 radical (unpaired) electrons. The number of thiophene rings is 1. The van der Waals surface area contributed by atoms with Crippen molar-refractivity contribution in [3.05, 3.63) is 41.8 Å². The van der Waals surface area contributed by atoms with Crippen LogP contribution in [-0.4, -0.2) is 19.2 Å². The summed E-state index contributed by atoms with van der Waals surface area (Å²) in [4.78, 5) is 4.65. The van der Waals surface area contributed by atoms with E-state index in [2.05, 4.69) is 39.9 Å². The summed E-state index contributed by atoms with van der Waals surface area (Å²) in [5.74, 6) is 1.49. The Kier molecular flexibility index (Phi) is 3.55. The lowest BCUT2D eigenvalue weighted by molar-refractivity contribution is 0.397. The molecule has 2 heterocycles. The van der Waals surface area contributed by atoms with Crippen molar-refractivity contribution >= 4 is 53.8 Å². The number of nitrogens with one attached hydrogen (secondary N) is 1. The number of aromatic nitrogens is 1. The number of hydrogen-bond donors (Lipinski definition) is 1. The highest BCUT2D eigenvalue weighted by Gasteiger charge is 2.12. The molecule has 1 N–H and O–H groups in total. The molecule has 0 aliphatic carbocycles. The zero-order valence-electron chi connectivity index (χ0n) is 12.6. The Labute approximate surface area is 141 Å². The van der Waals surface area contributed by atoms with Crippen LogP contribution < -0.4 is 14.8 Å². The summed E-state index contributed by atoms with van der Waals surface area (Å²) >= 11 is 3.32. The van der Waals surface area contributed by atoms with E-state index in [1.165, 1.54) is 10.1 Å². The Bertz CT molecular complexity index is 991. The molecule has 4 rings (SSSR count). The fourth-order valence-electron chi connectivity index (χ4n) is 2.47. The van der Waals surface area contributed by atoms with Crippen molar-refractivity contribution in [3.63, 3.8) is 0 Å². The molecule has 0 amide bonds. The van der Waals surface area contributed by atoms with Gasteiger partial charge in [-0.25, -0.2) is 4.98 Å². The third kappa shape index (κ3) is 2.60. The fourth-order valence-corrected chi connectivity index (χ4v) is 4.17. The van der Waals surface area contributed by atoms with Crippen molar-refractivity contribution in [2.24, 2.45) is 0 Å². The molecule has 0 atom stereocenters. The number of nitrogens with zero attached hydrogens (tertiary/aromatic N) is 1. The van der Waals surface area contributed by atoms with Crippen LogP contribution in [0.15, 0.2) is 41.8 Å². The third-order valence-electron chi connectivity index (χ3n) is 3.59. The van der Waals surface area contributed by atoms with E-state index in [9.17, 15) is 0 Å². The predicted octanol–water partition coefficient (Wildman–Crippen LogP) is 5.27. The van der Waals surface area contributed by atoms with Crippen LogP contribution in [0.25, 0.3) is 20.3 Å². The smallest absolute Gasteiger partial charge is 0.188 e. The van der Waals surface area contributed by atoms with Crippen molar-refractivity contribution in [2.75, 3.05) is 19.5 Å². The number of benzene rings is 2. The van der Waals surface area contributed by atoms with Crippen LogP contribution in [0.2, 0.25) is 0 Å². The molecule has 6 heteroatoms. The van der Waals surface area contributed by atoms with Gasteiger partial charge in [0.25, 0.3) is 0 Å². The van der Waals surface area contributed by atoms with Crippen LogP contribution in [0.1, 0.15) is 0 Å². The number of rotatable bonds is 4. The van der Waals surface area contributed by atoms with Gasteiger partial charge in [0.1, 0.15) is 17.0 Å². The van der Waals surface area contributed by atoms with Gasteiger partial charge in [-0.3, -0.25) is 0 Å². The standard InChI is InChI=1S/C17H14N2O2S2/c1-20-12-8-13(21-2)16-15(9-12)23-17(19-16)18-11-3-4-14-10(7-11)5-6-22-14/h3-9H,1-2H3,(H,18,19). The van der Waals surface area contributed by atoms with Crippen molar-refractivity contribution in [1.82, 2.24) is 4.98 Å². The summed E-state index contributed by atoms with van der Waals surface area (Å²) in [7, 11) is 3.29. The average Bonchev–Trinajstić information content (AvgIpc) is 3.19. The van der Waals surface area contributed by atoms with Gasteiger partial charge in [0, 0.05) is 16.5 Å². The molecular weight excluding hydrogens is 328 g/mol. The summed E-state index contributed by atoms with van der Waals surface area (Å²) in [6.07, 6.45) is 0. The van der Waals surface area contributed by atoms with E-state index in [0.717, 1.165) is 32.5 Å². The fraction of sp³-hybridized carbons (Fsp3) is 0.118. The molecule has 116 valence electrons. The Hall–Kier alpha value is -2.31. The number of anilines is 2. The van der Waals surface area contributed by atoms with Crippen LogP contribution in [0.5, 0.6) is 11.5 Å². The summed E-state index contributed by atoms with van der Waals surface area (Å²) in [5, 5.41) is 7.55. The van der Waals surface area contributed by atoms with Gasteiger partial charge in [-0.1, -0.05) is 11.3 Å². The molecule has 2 aromatic heterocycles. The average molecular weight is 342 g/mol. The van der Waals surface area contributed by atoms with E-state index < -0.39 is 0 Å². The number of methoxy groups -OCH3 is 2. The van der Waals surface area contributed by atoms with Gasteiger partial charge in [-0.2, -0.15) is 0 Å². The van der Waals surface area contributed by atoms with Crippen LogP contribution >= 0.6 is 22.7 Å². The maximum atomic E-state index is 5.42. The molecule has 4 nitrogen and oxygen atoms in total.